The molecule has 1 aromatic carbocycles. The van der Waals surface area contributed by atoms with Crippen molar-refractivity contribution < 1.29 is 0 Å². The summed E-state index contributed by atoms with van der Waals surface area (Å²) < 4.78 is 0. The zero-order chi connectivity index (χ0) is 12.3. The second-order valence-electron chi connectivity index (χ2n) is 3.94. The summed E-state index contributed by atoms with van der Waals surface area (Å²) in [7, 11) is 0. The number of aryl methyl sites for hydroxylation is 3. The zero-order valence-corrected chi connectivity index (χ0v) is 9.60. The highest BCUT2D eigenvalue weighted by molar-refractivity contribution is 5.22. The van der Waals surface area contributed by atoms with Gasteiger partial charge in [-0.25, -0.2) is 4.79 Å². The molecule has 0 bridgehead atoms. The van der Waals surface area contributed by atoms with Crippen LogP contribution in [0.3, 0.4) is 0 Å². The Balaban J connectivity index is 2.07. The summed E-state index contributed by atoms with van der Waals surface area (Å²) in [6, 6.07) is 8.26. The van der Waals surface area contributed by atoms with Gasteiger partial charge in [-0.05, 0) is 18.9 Å². The number of nitrogens with two attached hydrogens (primary N) is 1. The van der Waals surface area contributed by atoms with Gasteiger partial charge in [0, 0.05) is 6.42 Å². The number of nitrogens with one attached hydrogen (secondary N) is 1. The Kier molecular flexibility index (Phi) is 3.18. The van der Waals surface area contributed by atoms with E-state index in [4.69, 9.17) is 5.73 Å². The van der Waals surface area contributed by atoms with E-state index >= 15 is 0 Å². The molecule has 0 radical (unpaired) electrons. The zero-order valence-electron chi connectivity index (χ0n) is 9.60. The summed E-state index contributed by atoms with van der Waals surface area (Å²) in [5.41, 5.74) is 7.39. The minimum absolute atomic E-state index is 0.0210. The van der Waals surface area contributed by atoms with Crippen molar-refractivity contribution in [1.82, 2.24) is 15.0 Å². The van der Waals surface area contributed by atoms with Crippen LogP contribution in [0.2, 0.25) is 0 Å². The van der Waals surface area contributed by atoms with Gasteiger partial charge in [0.1, 0.15) is 5.82 Å². The molecule has 0 saturated carbocycles. The number of hydrogen-bond acceptors (Lipinski definition) is 4. The fraction of sp³-hybridized carbons (Fsp3) is 0.250. The fourth-order valence-corrected chi connectivity index (χ4v) is 1.58. The lowest BCUT2D eigenvalue weighted by molar-refractivity contribution is 0.823. The molecule has 3 N–H and O–H groups in total. The Morgan fingerprint density at radius 3 is 2.53 bits per heavy atom. The van der Waals surface area contributed by atoms with Gasteiger partial charge in [-0.1, -0.05) is 29.8 Å². The number of aromatic amines is 1. The first-order valence-corrected chi connectivity index (χ1v) is 5.42. The van der Waals surface area contributed by atoms with Gasteiger partial charge < -0.3 is 5.73 Å². The number of hydrogen-bond donors (Lipinski definition) is 2. The molecule has 0 amide bonds. The number of H-pyrrole nitrogens is 1. The van der Waals surface area contributed by atoms with E-state index in [-0.39, 0.29) is 5.95 Å². The Morgan fingerprint density at radius 1 is 1.18 bits per heavy atom. The standard InChI is InChI=1S/C12H14N4O/c1-8-2-4-9(5-3-8)6-7-10-14-11(13)16-12(17)15-10/h2-5H,6-7H2,1H3,(H3,13,14,15,16,17). The van der Waals surface area contributed by atoms with Crippen LogP contribution in [-0.4, -0.2) is 15.0 Å². The summed E-state index contributed by atoms with van der Waals surface area (Å²) in [4.78, 5) is 21.1. The number of anilines is 1. The maximum atomic E-state index is 11.1. The molecule has 2 aromatic rings. The number of rotatable bonds is 3. The molecule has 0 fully saturated rings. The van der Waals surface area contributed by atoms with Gasteiger partial charge in [0.15, 0.2) is 0 Å². The van der Waals surface area contributed by atoms with Crippen LogP contribution in [0.5, 0.6) is 0 Å². The van der Waals surface area contributed by atoms with Crippen molar-refractivity contribution in [3.8, 4) is 0 Å². The SMILES string of the molecule is Cc1ccc(CCc2nc(N)nc(=O)[nH]2)cc1. The van der Waals surface area contributed by atoms with Crippen LogP contribution >= 0.6 is 0 Å². The molecule has 1 heterocycles. The molecular formula is C12H14N4O. The smallest absolute Gasteiger partial charge is 0.349 e. The molecular weight excluding hydrogens is 216 g/mol. The Bertz CT molecular complexity index is 559. The molecule has 0 atom stereocenters. The molecule has 0 aliphatic carbocycles. The van der Waals surface area contributed by atoms with E-state index in [1.54, 1.807) is 0 Å². The van der Waals surface area contributed by atoms with Gasteiger partial charge in [0.2, 0.25) is 5.95 Å². The van der Waals surface area contributed by atoms with Crippen molar-refractivity contribution in [1.29, 1.82) is 0 Å². The fourth-order valence-electron chi connectivity index (χ4n) is 1.58. The summed E-state index contributed by atoms with van der Waals surface area (Å²) in [5.74, 6) is 0.593. The molecule has 0 aliphatic heterocycles. The van der Waals surface area contributed by atoms with Crippen molar-refractivity contribution in [2.75, 3.05) is 5.73 Å². The maximum Gasteiger partial charge on any atom is 0.349 e. The van der Waals surface area contributed by atoms with Gasteiger partial charge in [-0.3, -0.25) is 4.98 Å². The summed E-state index contributed by atoms with van der Waals surface area (Å²) >= 11 is 0. The van der Waals surface area contributed by atoms with Crippen molar-refractivity contribution in [2.24, 2.45) is 0 Å². The van der Waals surface area contributed by atoms with E-state index in [1.807, 2.05) is 6.92 Å². The highest BCUT2D eigenvalue weighted by atomic mass is 16.1. The van der Waals surface area contributed by atoms with E-state index in [9.17, 15) is 4.79 Å². The van der Waals surface area contributed by atoms with Crippen molar-refractivity contribution in [2.45, 2.75) is 19.8 Å². The minimum atomic E-state index is -0.448. The molecule has 0 aliphatic rings. The lowest BCUT2D eigenvalue weighted by atomic mass is 10.1. The normalized spacial score (nSPS) is 10.4. The van der Waals surface area contributed by atoms with E-state index < -0.39 is 5.69 Å². The maximum absolute atomic E-state index is 11.1. The van der Waals surface area contributed by atoms with E-state index in [2.05, 4.69) is 39.2 Å². The van der Waals surface area contributed by atoms with Gasteiger partial charge >= 0.3 is 5.69 Å². The third-order valence-electron chi connectivity index (χ3n) is 2.49. The average Bonchev–Trinajstić information content (AvgIpc) is 2.27. The molecule has 0 spiro atoms. The lowest BCUT2D eigenvalue weighted by Crippen LogP contribution is -2.17. The Hall–Kier alpha value is -2.17. The second kappa shape index (κ2) is 4.78. The Labute approximate surface area is 98.7 Å². The van der Waals surface area contributed by atoms with Crippen molar-refractivity contribution in [3.63, 3.8) is 0 Å². The molecule has 5 nitrogen and oxygen atoms in total. The first-order valence-electron chi connectivity index (χ1n) is 5.42. The van der Waals surface area contributed by atoms with Crippen LogP contribution in [0.15, 0.2) is 29.1 Å². The molecule has 5 heteroatoms. The average molecular weight is 230 g/mol. The van der Waals surface area contributed by atoms with Gasteiger partial charge in [-0.2, -0.15) is 9.97 Å². The topological polar surface area (TPSA) is 84.7 Å². The van der Waals surface area contributed by atoms with Crippen LogP contribution in [0.4, 0.5) is 5.95 Å². The first kappa shape index (κ1) is 11.3. The van der Waals surface area contributed by atoms with Crippen LogP contribution in [0, 0.1) is 6.92 Å². The largest absolute Gasteiger partial charge is 0.368 e. The quantitative estimate of drug-likeness (QED) is 0.818. The van der Waals surface area contributed by atoms with Crippen LogP contribution in [0.1, 0.15) is 17.0 Å². The van der Waals surface area contributed by atoms with Crippen molar-refractivity contribution >= 4 is 5.95 Å². The molecule has 88 valence electrons. The monoisotopic (exact) mass is 230 g/mol. The highest BCUT2D eigenvalue weighted by Crippen LogP contribution is 2.06. The van der Waals surface area contributed by atoms with E-state index in [0.29, 0.717) is 12.2 Å². The number of aromatic nitrogens is 3. The van der Waals surface area contributed by atoms with Crippen LogP contribution in [0.25, 0.3) is 0 Å². The summed E-state index contributed by atoms with van der Waals surface area (Å²) in [6.45, 7) is 2.05. The molecule has 0 saturated heterocycles. The highest BCUT2D eigenvalue weighted by Gasteiger charge is 2.00. The summed E-state index contributed by atoms with van der Waals surface area (Å²) in [5, 5.41) is 0. The number of nitrogens with zero attached hydrogens (tertiary/aromatic N) is 2. The third-order valence-corrected chi connectivity index (χ3v) is 2.49. The van der Waals surface area contributed by atoms with Gasteiger partial charge in [0.25, 0.3) is 0 Å². The number of nitrogen functional groups attached to an aromatic ring is 1. The minimum Gasteiger partial charge on any atom is -0.368 e. The predicted octanol–water partition coefficient (Wildman–Crippen LogP) is 0.841. The Morgan fingerprint density at radius 2 is 1.88 bits per heavy atom. The van der Waals surface area contributed by atoms with Crippen molar-refractivity contribution in [3.05, 3.63) is 51.7 Å². The van der Waals surface area contributed by atoms with E-state index in [0.717, 1.165) is 6.42 Å². The second-order valence-corrected chi connectivity index (χ2v) is 3.94. The first-order chi connectivity index (χ1) is 8.13. The third kappa shape index (κ3) is 3.14. The van der Waals surface area contributed by atoms with Gasteiger partial charge in [0.05, 0.1) is 0 Å². The van der Waals surface area contributed by atoms with Gasteiger partial charge in [-0.15, -0.1) is 0 Å². The van der Waals surface area contributed by atoms with E-state index in [1.165, 1.54) is 11.1 Å². The number of benzene rings is 1. The molecule has 17 heavy (non-hydrogen) atoms. The predicted molar refractivity (Wildman–Crippen MR) is 65.7 cm³/mol. The van der Waals surface area contributed by atoms with Crippen LogP contribution in [-0.2, 0) is 12.8 Å². The summed E-state index contributed by atoms with van der Waals surface area (Å²) in [6.07, 6.45) is 1.46. The lowest BCUT2D eigenvalue weighted by Gasteiger charge is -2.02. The molecule has 1 aromatic heterocycles. The molecule has 0 unspecified atom stereocenters. The van der Waals surface area contributed by atoms with Crippen LogP contribution < -0.4 is 11.4 Å². The molecule has 2 rings (SSSR count).